The number of aromatic nitrogens is 4. The summed E-state index contributed by atoms with van der Waals surface area (Å²) in [5, 5.41) is 6.66. The first-order chi connectivity index (χ1) is 20.5. The van der Waals surface area contributed by atoms with E-state index in [1.807, 2.05) is 30.3 Å². The van der Waals surface area contributed by atoms with E-state index in [1.165, 1.54) is 4.57 Å². The number of hydrogen-bond acceptors (Lipinski definition) is 7. The van der Waals surface area contributed by atoms with Crippen LogP contribution in [0.2, 0.25) is 0 Å². The average molecular weight is 576 g/mol. The van der Waals surface area contributed by atoms with Crippen molar-refractivity contribution >= 4 is 28.7 Å². The monoisotopic (exact) mass is 575 g/mol. The van der Waals surface area contributed by atoms with Crippen LogP contribution in [-0.4, -0.2) is 63.8 Å². The van der Waals surface area contributed by atoms with Crippen LogP contribution < -0.4 is 15.5 Å². The fourth-order valence-corrected chi connectivity index (χ4v) is 5.75. The molecule has 6 rings (SSSR count). The average Bonchev–Trinajstić information content (AvgIpc) is 3.42. The fourth-order valence-electron chi connectivity index (χ4n) is 5.75. The Kier molecular flexibility index (Phi) is 8.55. The predicted molar refractivity (Wildman–Crippen MR) is 157 cm³/mol. The molecule has 0 unspecified atom stereocenters. The normalized spacial score (nSPS) is 19.3. The zero-order valence-corrected chi connectivity index (χ0v) is 23.4. The molecule has 11 heteroatoms. The highest BCUT2D eigenvalue weighted by Gasteiger charge is 2.26. The molecule has 42 heavy (non-hydrogen) atoms. The molecule has 2 aromatic carbocycles. The lowest BCUT2D eigenvalue weighted by Gasteiger charge is -2.31. The fraction of sp³-hybridized carbons (Fsp3) is 0.419. The molecule has 9 nitrogen and oxygen atoms in total. The summed E-state index contributed by atoms with van der Waals surface area (Å²) < 4.78 is 35.2. The second-order valence-corrected chi connectivity index (χ2v) is 10.8. The number of nitrogens with zero attached hydrogens (tertiary/aromatic N) is 5. The number of carbonyl (C=O) groups excluding carboxylic acids is 1. The molecule has 1 saturated heterocycles. The van der Waals surface area contributed by atoms with Crippen LogP contribution in [0.5, 0.6) is 0 Å². The van der Waals surface area contributed by atoms with Crippen molar-refractivity contribution in [1.82, 2.24) is 24.8 Å². The number of imidazole rings is 1. The number of morpholine rings is 1. The molecule has 0 bridgehead atoms. The number of aryl methyl sites for hydroxylation is 1. The van der Waals surface area contributed by atoms with E-state index in [0.29, 0.717) is 61.3 Å². The highest BCUT2D eigenvalue weighted by molar-refractivity contribution is 5.78. The quantitative estimate of drug-likeness (QED) is 0.288. The minimum absolute atomic E-state index is 0.0730. The second kappa shape index (κ2) is 12.8. The molecule has 4 aromatic rings. The molecule has 2 aliphatic rings. The molecule has 220 valence electrons. The van der Waals surface area contributed by atoms with Gasteiger partial charge in [0.2, 0.25) is 11.9 Å². The van der Waals surface area contributed by atoms with Crippen LogP contribution in [0, 0.1) is 0 Å². The van der Waals surface area contributed by atoms with Crippen LogP contribution in [0.3, 0.4) is 0 Å². The van der Waals surface area contributed by atoms with Gasteiger partial charge < -0.3 is 20.3 Å². The highest BCUT2D eigenvalue weighted by atomic mass is 19.3. The highest BCUT2D eigenvalue weighted by Crippen LogP contribution is 2.30. The Bertz CT molecular complexity index is 1500. The maximum Gasteiger partial charge on any atom is 0.296 e. The molecule has 0 spiro atoms. The van der Waals surface area contributed by atoms with Crippen LogP contribution in [0.4, 0.5) is 20.5 Å². The third kappa shape index (κ3) is 6.51. The summed E-state index contributed by atoms with van der Waals surface area (Å²) in [6.45, 7) is 2.44. The summed E-state index contributed by atoms with van der Waals surface area (Å²) in [7, 11) is 0. The Morgan fingerprint density at radius 2 is 1.60 bits per heavy atom. The van der Waals surface area contributed by atoms with Crippen LogP contribution in [0.1, 0.15) is 49.9 Å². The van der Waals surface area contributed by atoms with Crippen LogP contribution in [0.25, 0.3) is 16.9 Å². The van der Waals surface area contributed by atoms with Gasteiger partial charge in [0, 0.05) is 37.7 Å². The van der Waals surface area contributed by atoms with Gasteiger partial charge >= 0.3 is 0 Å². The topological polar surface area (TPSA) is 97.2 Å². The standard InChI is InChI=1S/C31H35F2N7O2/c32-29(33)30-36-24-8-4-5-9-25(24)40(30)27-20-26(39-16-18-42-19-17-39)37-31(38-27)35-23-13-11-22(12-14-23)34-28(41)15-10-21-6-2-1-3-7-21/h1-9,20,22-23,29H,10-19H2,(H,34,41)(H,35,37,38)/t22-,23-. The van der Waals surface area contributed by atoms with E-state index in [9.17, 15) is 13.6 Å². The van der Waals surface area contributed by atoms with Crippen molar-refractivity contribution in [3.8, 4) is 5.82 Å². The van der Waals surface area contributed by atoms with Gasteiger partial charge in [-0.3, -0.25) is 9.36 Å². The minimum atomic E-state index is -2.77. The first kappa shape index (κ1) is 28.0. The van der Waals surface area contributed by atoms with Crippen molar-refractivity contribution in [2.24, 2.45) is 0 Å². The summed E-state index contributed by atoms with van der Waals surface area (Å²) in [4.78, 5) is 28.3. The molecule has 1 saturated carbocycles. The van der Waals surface area contributed by atoms with E-state index in [2.05, 4.69) is 20.5 Å². The summed E-state index contributed by atoms with van der Waals surface area (Å²) in [6.07, 6.45) is 1.77. The number of amides is 1. The third-order valence-corrected chi connectivity index (χ3v) is 7.95. The number of alkyl halides is 2. The Hall–Kier alpha value is -4.12. The number of halogens is 2. The van der Waals surface area contributed by atoms with Gasteiger partial charge in [-0.2, -0.15) is 9.97 Å². The van der Waals surface area contributed by atoms with Crippen molar-refractivity contribution in [1.29, 1.82) is 0 Å². The summed E-state index contributed by atoms with van der Waals surface area (Å²) in [5.41, 5.74) is 2.20. The van der Waals surface area contributed by atoms with Crippen molar-refractivity contribution in [3.05, 3.63) is 72.1 Å². The number of anilines is 2. The number of ether oxygens (including phenoxy) is 1. The van der Waals surface area contributed by atoms with Gasteiger partial charge in [-0.25, -0.2) is 13.8 Å². The minimum Gasteiger partial charge on any atom is -0.378 e. The number of fused-ring (bicyclic) bond motifs is 1. The Balaban J connectivity index is 1.17. The van der Waals surface area contributed by atoms with E-state index in [-0.39, 0.29) is 23.8 Å². The molecular formula is C31H35F2N7O2. The van der Waals surface area contributed by atoms with E-state index < -0.39 is 6.43 Å². The molecule has 2 N–H and O–H groups in total. The van der Waals surface area contributed by atoms with Gasteiger partial charge in [-0.15, -0.1) is 0 Å². The molecule has 1 amide bonds. The molecule has 0 radical (unpaired) electrons. The lowest BCUT2D eigenvalue weighted by atomic mass is 9.91. The van der Waals surface area contributed by atoms with E-state index in [1.54, 1.807) is 30.3 Å². The van der Waals surface area contributed by atoms with Crippen LogP contribution in [-0.2, 0) is 16.0 Å². The summed E-state index contributed by atoms with van der Waals surface area (Å²) >= 11 is 0. The molecule has 2 fully saturated rings. The number of para-hydroxylation sites is 2. The maximum absolute atomic E-state index is 14.1. The lowest BCUT2D eigenvalue weighted by Crippen LogP contribution is -2.40. The number of benzene rings is 2. The van der Waals surface area contributed by atoms with Gasteiger partial charge in [0.25, 0.3) is 6.43 Å². The van der Waals surface area contributed by atoms with Gasteiger partial charge in [-0.1, -0.05) is 42.5 Å². The lowest BCUT2D eigenvalue weighted by molar-refractivity contribution is -0.122. The van der Waals surface area contributed by atoms with Gasteiger partial charge in [0.15, 0.2) is 5.82 Å². The van der Waals surface area contributed by atoms with Crippen molar-refractivity contribution in [2.45, 2.75) is 57.0 Å². The number of hydrogen-bond donors (Lipinski definition) is 2. The first-order valence-corrected chi connectivity index (χ1v) is 14.6. The van der Waals surface area contributed by atoms with Crippen LogP contribution in [0.15, 0.2) is 60.7 Å². The molecule has 1 aliphatic carbocycles. The van der Waals surface area contributed by atoms with Gasteiger partial charge in [0.05, 0.1) is 24.2 Å². The van der Waals surface area contributed by atoms with Gasteiger partial charge in [-0.05, 0) is 49.8 Å². The van der Waals surface area contributed by atoms with E-state index in [4.69, 9.17) is 14.7 Å². The van der Waals surface area contributed by atoms with Crippen molar-refractivity contribution in [3.63, 3.8) is 0 Å². The van der Waals surface area contributed by atoms with E-state index in [0.717, 1.165) is 37.7 Å². The molecule has 2 aromatic heterocycles. The zero-order chi connectivity index (χ0) is 28.9. The Labute approximate surface area is 243 Å². The number of rotatable bonds is 9. The largest absolute Gasteiger partial charge is 0.378 e. The predicted octanol–water partition coefficient (Wildman–Crippen LogP) is 5.06. The van der Waals surface area contributed by atoms with E-state index >= 15 is 0 Å². The Morgan fingerprint density at radius 1 is 0.905 bits per heavy atom. The van der Waals surface area contributed by atoms with Crippen molar-refractivity contribution < 1.29 is 18.3 Å². The second-order valence-electron chi connectivity index (χ2n) is 10.8. The molecular weight excluding hydrogens is 540 g/mol. The zero-order valence-electron chi connectivity index (χ0n) is 23.4. The molecule has 1 aliphatic heterocycles. The SMILES string of the molecule is O=C(CCc1ccccc1)N[C@H]1CC[C@H](Nc2nc(N3CCOCC3)cc(-n3c(C(F)F)nc4ccccc43)n2)CC1. The maximum atomic E-state index is 14.1. The number of carbonyl (C=O) groups is 1. The Morgan fingerprint density at radius 3 is 2.36 bits per heavy atom. The third-order valence-electron chi connectivity index (χ3n) is 7.95. The smallest absolute Gasteiger partial charge is 0.296 e. The van der Waals surface area contributed by atoms with Crippen molar-refractivity contribution in [2.75, 3.05) is 36.5 Å². The molecule has 0 atom stereocenters. The van der Waals surface area contributed by atoms with Crippen LogP contribution >= 0.6 is 0 Å². The summed E-state index contributed by atoms with van der Waals surface area (Å²) in [5.74, 6) is 1.11. The number of nitrogens with one attached hydrogen (secondary N) is 2. The van der Waals surface area contributed by atoms with Gasteiger partial charge in [0.1, 0.15) is 11.6 Å². The molecule has 3 heterocycles. The summed E-state index contributed by atoms with van der Waals surface area (Å²) in [6, 6.07) is 19.1. The first-order valence-electron chi connectivity index (χ1n) is 14.6.